The van der Waals surface area contributed by atoms with Crippen LogP contribution in [0.15, 0.2) is 24.3 Å². The molecule has 0 aliphatic heterocycles. The van der Waals surface area contributed by atoms with Crippen molar-refractivity contribution in [3.63, 3.8) is 0 Å². The molecule has 0 fully saturated rings. The highest BCUT2D eigenvalue weighted by Crippen LogP contribution is 2.13. The Kier molecular flexibility index (Phi) is 2.99. The van der Waals surface area contributed by atoms with Gasteiger partial charge in [0.2, 0.25) is 0 Å². The van der Waals surface area contributed by atoms with E-state index in [4.69, 9.17) is 9.59 Å². The zero-order valence-corrected chi connectivity index (χ0v) is 7.90. The second-order valence-corrected chi connectivity index (χ2v) is 4.02. The van der Waals surface area contributed by atoms with Crippen molar-refractivity contribution in [2.75, 3.05) is 7.11 Å². The summed E-state index contributed by atoms with van der Waals surface area (Å²) < 4.78 is 21.4. The minimum Gasteiger partial charge on any atom is -0.480 e. The molecule has 0 heterocycles. The van der Waals surface area contributed by atoms with Gasteiger partial charge < -0.3 is 18.4 Å². The summed E-state index contributed by atoms with van der Waals surface area (Å²) in [6.07, 6.45) is 0. The second kappa shape index (κ2) is 3.84. The van der Waals surface area contributed by atoms with Crippen LogP contribution in [0.3, 0.4) is 0 Å². The van der Waals surface area contributed by atoms with Crippen molar-refractivity contribution in [2.24, 2.45) is 0 Å². The maximum atomic E-state index is 12.4. The second-order valence-electron chi connectivity index (χ2n) is 2.31. The lowest BCUT2D eigenvalue weighted by atomic mass is 10.3. The molecule has 6 heteroatoms. The fraction of sp³-hybridized carbons (Fsp3) is 0.143. The highest BCUT2D eigenvalue weighted by molar-refractivity contribution is 6.51. The molecule has 72 valence electrons. The third-order valence-corrected chi connectivity index (χ3v) is 2.36. The molecule has 0 atom stereocenters. The maximum absolute atomic E-state index is 12.4. The lowest BCUT2D eigenvalue weighted by molar-refractivity contribution is 0.0983. The Labute approximate surface area is 75.7 Å². The summed E-state index contributed by atoms with van der Waals surface area (Å²) in [5, 5.41) is 0. The monoisotopic (exact) mass is 204 g/mol. The normalized spacial score (nSPS) is 11.4. The van der Waals surface area contributed by atoms with Crippen LogP contribution in [0.4, 0.5) is 4.39 Å². The van der Waals surface area contributed by atoms with E-state index in [2.05, 4.69) is 8.85 Å². The zero-order chi connectivity index (χ0) is 9.90. The number of hydrogen-bond acceptors (Lipinski definition) is 4. The first kappa shape index (κ1) is 10.1. The summed E-state index contributed by atoms with van der Waals surface area (Å²) in [4.78, 5) is 18.0. The van der Waals surface area contributed by atoms with E-state index in [0.717, 1.165) is 19.2 Å². The van der Waals surface area contributed by atoms with Crippen LogP contribution in [0, 0.1) is 5.82 Å². The summed E-state index contributed by atoms with van der Waals surface area (Å²) in [5.41, 5.74) is 0. The number of hydrogen-bond donors (Lipinski definition) is 2. The number of rotatable bonds is 3. The van der Waals surface area contributed by atoms with Crippen LogP contribution >= 0.6 is 0 Å². The summed E-state index contributed by atoms with van der Waals surface area (Å²) in [6.45, 7) is 0. The Balaban J connectivity index is 2.69. The van der Waals surface area contributed by atoms with E-state index < -0.39 is 14.9 Å². The van der Waals surface area contributed by atoms with Gasteiger partial charge in [-0.25, -0.2) is 4.39 Å². The molecule has 0 unspecified atom stereocenters. The van der Waals surface area contributed by atoms with E-state index >= 15 is 0 Å². The first-order valence-corrected chi connectivity index (χ1v) is 5.19. The topological polar surface area (TPSA) is 58.9 Å². The Morgan fingerprint density at radius 3 is 2.23 bits per heavy atom. The van der Waals surface area contributed by atoms with Crippen molar-refractivity contribution in [3.8, 4) is 5.75 Å². The molecule has 0 radical (unpaired) electrons. The van der Waals surface area contributed by atoms with Gasteiger partial charge in [-0.1, -0.05) is 0 Å². The Hall–Kier alpha value is -0.953. The van der Waals surface area contributed by atoms with E-state index in [9.17, 15) is 4.39 Å². The molecule has 2 N–H and O–H groups in total. The maximum Gasteiger partial charge on any atom is 0.743 e. The van der Waals surface area contributed by atoms with Crippen LogP contribution in [0.5, 0.6) is 5.75 Å². The van der Waals surface area contributed by atoms with Crippen LogP contribution in [-0.4, -0.2) is 25.7 Å². The fourth-order valence-corrected chi connectivity index (χ4v) is 1.22. The van der Waals surface area contributed by atoms with Gasteiger partial charge in [0, 0.05) is 7.11 Å². The first-order valence-electron chi connectivity index (χ1n) is 3.48. The molecule has 0 saturated carbocycles. The SMILES string of the molecule is CO[Si](O)(O)Oc1ccc(F)cc1. The molecule has 13 heavy (non-hydrogen) atoms. The summed E-state index contributed by atoms with van der Waals surface area (Å²) >= 11 is 0. The van der Waals surface area contributed by atoms with Crippen molar-refractivity contribution >= 4 is 9.05 Å². The van der Waals surface area contributed by atoms with Crippen molar-refractivity contribution in [2.45, 2.75) is 0 Å². The highest BCUT2D eigenvalue weighted by Gasteiger charge is 2.37. The highest BCUT2D eigenvalue weighted by atomic mass is 28.4. The van der Waals surface area contributed by atoms with Crippen molar-refractivity contribution in [3.05, 3.63) is 30.1 Å². The lowest BCUT2D eigenvalue weighted by Crippen LogP contribution is -2.45. The van der Waals surface area contributed by atoms with Crippen molar-refractivity contribution in [1.29, 1.82) is 0 Å². The van der Waals surface area contributed by atoms with Gasteiger partial charge in [-0.2, -0.15) is 0 Å². The molecule has 0 aliphatic rings. The van der Waals surface area contributed by atoms with Crippen molar-refractivity contribution < 1.29 is 22.8 Å². The molecule has 4 nitrogen and oxygen atoms in total. The Bertz CT molecular complexity index is 274. The molecule has 0 amide bonds. The summed E-state index contributed by atoms with van der Waals surface area (Å²) in [6, 6.07) is 4.86. The van der Waals surface area contributed by atoms with Crippen LogP contribution in [0.2, 0.25) is 0 Å². The fourth-order valence-electron chi connectivity index (χ4n) is 0.698. The van der Waals surface area contributed by atoms with Gasteiger partial charge in [0.25, 0.3) is 0 Å². The molecule has 0 saturated heterocycles. The van der Waals surface area contributed by atoms with Crippen LogP contribution in [0.25, 0.3) is 0 Å². The van der Waals surface area contributed by atoms with Gasteiger partial charge in [-0.15, -0.1) is 0 Å². The van der Waals surface area contributed by atoms with Gasteiger partial charge in [0.15, 0.2) is 0 Å². The van der Waals surface area contributed by atoms with Gasteiger partial charge in [0.1, 0.15) is 11.6 Å². The summed E-state index contributed by atoms with van der Waals surface area (Å²) in [7, 11) is -2.94. The minimum atomic E-state index is -4.06. The van der Waals surface area contributed by atoms with E-state index in [-0.39, 0.29) is 5.75 Å². The number of halogens is 1. The van der Waals surface area contributed by atoms with Gasteiger partial charge in [-0.05, 0) is 24.3 Å². The van der Waals surface area contributed by atoms with Crippen LogP contribution < -0.4 is 4.43 Å². The quantitative estimate of drug-likeness (QED) is 0.694. The average Bonchev–Trinajstić information content (AvgIpc) is 2.09. The molecule has 1 rings (SSSR count). The summed E-state index contributed by atoms with van der Waals surface area (Å²) in [5.74, 6) is -0.271. The third-order valence-electron chi connectivity index (χ3n) is 1.33. The van der Waals surface area contributed by atoms with E-state index in [1.54, 1.807) is 0 Å². The Morgan fingerprint density at radius 1 is 1.23 bits per heavy atom. The zero-order valence-electron chi connectivity index (χ0n) is 6.90. The predicted molar refractivity (Wildman–Crippen MR) is 44.2 cm³/mol. The first-order chi connectivity index (χ1) is 6.03. The minimum absolute atomic E-state index is 0.153. The molecular weight excluding hydrogens is 195 g/mol. The predicted octanol–water partition coefficient (Wildman–Crippen LogP) is 0.271. The standard InChI is InChI=1S/C7H9FO4Si/c1-11-13(9,10)12-7-4-2-6(8)3-5-7/h2-5,9-10H,1H3. The average molecular weight is 204 g/mol. The third kappa shape index (κ3) is 3.11. The molecule has 1 aromatic carbocycles. The smallest absolute Gasteiger partial charge is 0.480 e. The van der Waals surface area contributed by atoms with Crippen LogP contribution in [0.1, 0.15) is 0 Å². The van der Waals surface area contributed by atoms with E-state index in [0.29, 0.717) is 0 Å². The van der Waals surface area contributed by atoms with Crippen LogP contribution in [-0.2, 0) is 4.43 Å². The van der Waals surface area contributed by atoms with Gasteiger partial charge in [0.05, 0.1) is 0 Å². The molecule has 0 bridgehead atoms. The van der Waals surface area contributed by atoms with E-state index in [1.165, 1.54) is 12.1 Å². The molecule has 0 spiro atoms. The number of benzene rings is 1. The molecule has 0 aromatic heterocycles. The Morgan fingerprint density at radius 2 is 1.77 bits per heavy atom. The molecular formula is C7H9FO4Si. The van der Waals surface area contributed by atoms with Crippen molar-refractivity contribution in [1.82, 2.24) is 0 Å². The molecule has 1 aromatic rings. The lowest BCUT2D eigenvalue weighted by Gasteiger charge is -2.15. The largest absolute Gasteiger partial charge is 0.743 e. The molecule has 0 aliphatic carbocycles. The van der Waals surface area contributed by atoms with E-state index in [1.807, 2.05) is 0 Å². The van der Waals surface area contributed by atoms with Gasteiger partial charge in [-0.3, -0.25) is 0 Å². The van der Waals surface area contributed by atoms with Gasteiger partial charge >= 0.3 is 9.05 Å².